The molecule has 1 aromatic heterocycles. The Morgan fingerprint density at radius 3 is 2.21 bits per heavy atom. The number of hydrogen-bond acceptors (Lipinski definition) is 12. The van der Waals surface area contributed by atoms with E-state index in [9.17, 15) is 42.7 Å². The average molecular weight is 1070 g/mol. The van der Waals surface area contributed by atoms with E-state index in [0.717, 1.165) is 32.7 Å². The molecule has 4 amide bonds. The Kier molecular flexibility index (Phi) is 17.1. The van der Waals surface area contributed by atoms with Crippen LogP contribution in [-0.2, 0) is 34.8 Å². The second-order valence-corrected chi connectivity index (χ2v) is 21.0. The van der Waals surface area contributed by atoms with Crippen molar-refractivity contribution in [1.29, 1.82) is 5.26 Å². The monoisotopic (exact) mass is 1070 g/mol. The molecule has 3 N–H and O–H groups in total. The number of anilines is 2. The fraction of sp³-hybridized carbons (Fsp3) is 0.389. The van der Waals surface area contributed by atoms with Crippen molar-refractivity contribution >= 4 is 63.7 Å². The predicted octanol–water partition coefficient (Wildman–Crippen LogP) is 8.51. The molecule has 0 bridgehead atoms. The molecule has 396 valence electrons. The van der Waals surface area contributed by atoms with Crippen LogP contribution >= 0.6 is 23.6 Å². The van der Waals surface area contributed by atoms with Crippen LogP contribution in [0.15, 0.2) is 90.4 Å². The Hall–Kier alpha value is -6.83. The maximum absolute atomic E-state index is 15.8. The van der Waals surface area contributed by atoms with Gasteiger partial charge in [-0.1, -0.05) is 57.2 Å². The van der Waals surface area contributed by atoms with Crippen LogP contribution in [0.2, 0.25) is 0 Å². The van der Waals surface area contributed by atoms with Crippen LogP contribution in [0.1, 0.15) is 76.4 Å². The summed E-state index contributed by atoms with van der Waals surface area (Å²) in [5, 5.41) is 25.4. The molecule has 15 nitrogen and oxygen atoms in total. The molecular weight excluding hydrogens is 1010 g/mol. The van der Waals surface area contributed by atoms with Crippen LogP contribution in [0.5, 0.6) is 5.75 Å². The molecule has 2 aliphatic rings. The standard InChI is InChI=1S/C54H57F4N7O8S2/c1-31(33-8-10-35(11-9-33)46-32(2)60-30-75-46)61-48(68)44-26-39(66)28-63(44)49(69)47(52(3,4)5)62-45(67)29-72-21-20-71-22-23-73-40-17-13-34(14-18-40)41-19-16-38(25-43(41)55)65-51(74)64(50(70)53(65,6)7)37-15-12-36(27-59)42(24-37)54(56,57)58/h8-19,24-25,30-31,39,44,47,66H,20-23,26,28-29H2,1-7H3,(H,61,68)(H,62,67)/t31-,39+,44-,47?/m0/s1. The molecule has 0 radical (unpaired) electrons. The van der Waals surface area contributed by atoms with Gasteiger partial charge in [-0.25, -0.2) is 9.37 Å². The number of nitrogens with one attached hydrogen (secondary N) is 2. The van der Waals surface area contributed by atoms with E-state index in [4.69, 9.17) is 26.4 Å². The number of β-amino-alcohol motifs (C(OH)–C–C–N with tert-alkyl or cyclic N) is 1. The minimum absolute atomic E-state index is 0.0506. The lowest BCUT2D eigenvalue weighted by Crippen LogP contribution is -2.58. The first-order valence-corrected chi connectivity index (χ1v) is 25.3. The van der Waals surface area contributed by atoms with Crippen molar-refractivity contribution in [3.8, 4) is 33.4 Å². The molecule has 3 heterocycles. The summed E-state index contributed by atoms with van der Waals surface area (Å²) in [6.45, 7) is 12.3. The lowest BCUT2D eigenvalue weighted by molar-refractivity contribution is -0.144. The number of aliphatic hydroxyl groups is 1. The van der Waals surface area contributed by atoms with Gasteiger partial charge in [0.1, 0.15) is 42.4 Å². The molecule has 0 spiro atoms. The van der Waals surface area contributed by atoms with E-state index in [1.165, 1.54) is 47.9 Å². The summed E-state index contributed by atoms with van der Waals surface area (Å²) in [7, 11) is 0. The Labute approximate surface area is 441 Å². The number of aromatic nitrogens is 1. The van der Waals surface area contributed by atoms with Gasteiger partial charge in [-0.15, -0.1) is 11.3 Å². The number of likely N-dealkylation sites (tertiary alicyclic amines) is 1. The third kappa shape index (κ3) is 12.7. The largest absolute Gasteiger partial charge is 0.491 e. The summed E-state index contributed by atoms with van der Waals surface area (Å²) >= 11 is 7.14. The van der Waals surface area contributed by atoms with Gasteiger partial charge >= 0.3 is 6.18 Å². The number of thiocarbonyl (C=S) groups is 1. The molecule has 4 aromatic carbocycles. The number of aryl methyl sites for hydroxylation is 1. The topological polar surface area (TPSA) is 187 Å². The van der Waals surface area contributed by atoms with Gasteiger partial charge in [0.15, 0.2) is 5.11 Å². The summed E-state index contributed by atoms with van der Waals surface area (Å²) in [6.07, 6.45) is -5.73. The number of nitriles is 1. The summed E-state index contributed by atoms with van der Waals surface area (Å²) in [4.78, 5) is 63.4. The van der Waals surface area contributed by atoms with E-state index in [2.05, 4.69) is 15.6 Å². The number of hydrogen-bond donors (Lipinski definition) is 3. The second-order valence-electron chi connectivity index (χ2n) is 19.7. The van der Waals surface area contributed by atoms with E-state index in [1.54, 1.807) is 68.0 Å². The highest BCUT2D eigenvalue weighted by atomic mass is 32.1. The Morgan fingerprint density at radius 2 is 1.59 bits per heavy atom. The molecule has 7 rings (SSSR count). The minimum atomic E-state index is -4.86. The van der Waals surface area contributed by atoms with Crippen molar-refractivity contribution in [1.82, 2.24) is 20.5 Å². The molecule has 21 heteroatoms. The summed E-state index contributed by atoms with van der Waals surface area (Å²) in [5.41, 5.74) is 1.38. The van der Waals surface area contributed by atoms with Gasteiger partial charge < -0.3 is 39.8 Å². The van der Waals surface area contributed by atoms with Gasteiger partial charge in [-0.05, 0) is 111 Å². The highest BCUT2D eigenvalue weighted by Crippen LogP contribution is 2.41. The van der Waals surface area contributed by atoms with Crippen molar-refractivity contribution < 1.29 is 56.1 Å². The quantitative estimate of drug-likeness (QED) is 0.0432. The lowest BCUT2D eigenvalue weighted by atomic mass is 9.85. The fourth-order valence-corrected chi connectivity index (χ4v) is 10.2. The third-order valence-corrected chi connectivity index (χ3v) is 14.2. The van der Waals surface area contributed by atoms with E-state index in [1.807, 2.05) is 38.1 Å². The fourth-order valence-electron chi connectivity index (χ4n) is 8.89. The number of ether oxygens (including phenoxy) is 3. The number of thiazole rings is 1. The van der Waals surface area contributed by atoms with Crippen LogP contribution in [0, 0.1) is 29.5 Å². The van der Waals surface area contributed by atoms with Gasteiger partial charge in [-0.3, -0.25) is 24.1 Å². The number of rotatable bonds is 18. The second kappa shape index (κ2) is 23.0. The molecule has 5 aromatic rings. The number of amides is 4. The van der Waals surface area contributed by atoms with E-state index in [-0.39, 0.29) is 74.1 Å². The summed E-state index contributed by atoms with van der Waals surface area (Å²) < 4.78 is 74.0. The van der Waals surface area contributed by atoms with Crippen molar-refractivity contribution in [2.75, 3.05) is 49.4 Å². The van der Waals surface area contributed by atoms with Crippen LogP contribution < -0.4 is 25.2 Å². The lowest BCUT2D eigenvalue weighted by Gasteiger charge is -2.35. The number of benzene rings is 4. The zero-order chi connectivity index (χ0) is 54.6. The smallest absolute Gasteiger partial charge is 0.417 e. The van der Waals surface area contributed by atoms with E-state index >= 15 is 4.39 Å². The van der Waals surface area contributed by atoms with Crippen LogP contribution in [0.3, 0.4) is 0 Å². The highest BCUT2D eigenvalue weighted by Gasteiger charge is 2.51. The number of carbonyl (C=O) groups excluding carboxylic acids is 4. The number of carbonyl (C=O) groups is 4. The molecule has 75 heavy (non-hydrogen) atoms. The van der Waals surface area contributed by atoms with E-state index < -0.39 is 75.9 Å². The minimum Gasteiger partial charge on any atom is -0.491 e. The van der Waals surface area contributed by atoms with Gasteiger partial charge in [-0.2, -0.15) is 18.4 Å². The van der Waals surface area contributed by atoms with Crippen LogP contribution in [0.25, 0.3) is 21.6 Å². The first-order chi connectivity index (χ1) is 35.4. The number of aliphatic hydroxyl groups excluding tert-OH is 1. The maximum Gasteiger partial charge on any atom is 0.417 e. The molecular formula is C54H57F4N7O8S2. The van der Waals surface area contributed by atoms with Gasteiger partial charge in [0, 0.05) is 24.2 Å². The van der Waals surface area contributed by atoms with Crippen molar-refractivity contribution in [2.45, 2.75) is 90.8 Å². The van der Waals surface area contributed by atoms with Crippen molar-refractivity contribution in [3.63, 3.8) is 0 Å². The zero-order valence-electron chi connectivity index (χ0n) is 42.3. The maximum atomic E-state index is 15.8. The molecule has 4 atom stereocenters. The van der Waals surface area contributed by atoms with E-state index in [0.29, 0.717) is 17.4 Å². The summed E-state index contributed by atoms with van der Waals surface area (Å²) in [6, 6.07) is 20.7. The highest BCUT2D eigenvalue weighted by molar-refractivity contribution is 7.81. The molecule has 2 aliphatic heterocycles. The normalized spacial score (nSPS) is 17.5. The average Bonchev–Trinajstić information content (AvgIpc) is 4.02. The molecule has 0 aliphatic carbocycles. The molecule has 0 saturated carbocycles. The van der Waals surface area contributed by atoms with Crippen LogP contribution in [0.4, 0.5) is 28.9 Å². The van der Waals surface area contributed by atoms with Gasteiger partial charge in [0.2, 0.25) is 17.7 Å². The predicted molar refractivity (Wildman–Crippen MR) is 278 cm³/mol. The third-order valence-electron chi connectivity index (χ3n) is 12.9. The first kappa shape index (κ1) is 55.9. The molecule has 2 saturated heterocycles. The van der Waals surface area contributed by atoms with Gasteiger partial charge in [0.25, 0.3) is 5.91 Å². The zero-order valence-corrected chi connectivity index (χ0v) is 43.9. The SMILES string of the molecule is Cc1ncsc1-c1ccc([C@H](C)NC(=O)[C@@H]2C[C@@H](O)CN2C(=O)C(NC(=O)COCCOCCOc2ccc(-c3ccc(N4C(=S)N(c5ccc(C#N)c(C(F)(F)F)c5)C(=O)C4(C)C)cc3F)cc2)C(C)(C)C)cc1. The Morgan fingerprint density at radius 1 is 0.933 bits per heavy atom. The van der Waals surface area contributed by atoms with Crippen LogP contribution in [-0.4, -0.2) is 107 Å². The van der Waals surface area contributed by atoms with Gasteiger partial charge in [0.05, 0.1) is 70.9 Å². The Balaban J connectivity index is 0.841. The van der Waals surface area contributed by atoms with Crippen molar-refractivity contribution in [3.05, 3.63) is 119 Å². The number of alkyl halides is 3. The van der Waals surface area contributed by atoms with Crippen molar-refractivity contribution in [2.24, 2.45) is 5.41 Å². The first-order valence-electron chi connectivity index (χ1n) is 24.0. The summed E-state index contributed by atoms with van der Waals surface area (Å²) in [5.74, 6) is -2.27. The molecule has 2 fully saturated rings. The number of nitrogens with zero attached hydrogens (tertiary/aromatic N) is 5. The Bertz CT molecular complexity index is 2980. The molecule has 1 unspecified atom stereocenters. The number of halogens is 4.